The highest BCUT2D eigenvalue weighted by atomic mass is 16.3. The summed E-state index contributed by atoms with van der Waals surface area (Å²) in [5, 5.41) is 13.5. The van der Waals surface area contributed by atoms with E-state index in [1.807, 2.05) is 6.07 Å². The molecule has 1 aliphatic carbocycles. The number of nitrogens with one attached hydrogen (secondary N) is 1. The first kappa shape index (κ1) is 14.4. The highest BCUT2D eigenvalue weighted by molar-refractivity contribution is 5.46. The molecule has 0 aromatic heterocycles. The number of aliphatic hydroxyl groups is 1. The summed E-state index contributed by atoms with van der Waals surface area (Å²) < 4.78 is 0. The maximum atomic E-state index is 10.2. The molecule has 1 aromatic carbocycles. The van der Waals surface area contributed by atoms with E-state index in [2.05, 4.69) is 41.4 Å². The van der Waals surface area contributed by atoms with Gasteiger partial charge in [0.05, 0.1) is 6.10 Å². The van der Waals surface area contributed by atoms with Crippen molar-refractivity contribution >= 4 is 5.69 Å². The summed E-state index contributed by atoms with van der Waals surface area (Å²) in [5.74, 6) is 0. The van der Waals surface area contributed by atoms with Gasteiger partial charge in [0, 0.05) is 31.4 Å². The number of anilines is 1. The minimum absolute atomic E-state index is 0.294. The van der Waals surface area contributed by atoms with Crippen LogP contribution >= 0.6 is 0 Å². The SMILES string of the molecule is CCCCN(CC(O)CNC1CC1)c1ccccc1. The van der Waals surface area contributed by atoms with E-state index in [4.69, 9.17) is 0 Å². The predicted molar refractivity (Wildman–Crippen MR) is 80.6 cm³/mol. The summed E-state index contributed by atoms with van der Waals surface area (Å²) in [6, 6.07) is 11.1. The van der Waals surface area contributed by atoms with Crippen molar-refractivity contribution in [2.75, 3.05) is 24.5 Å². The molecule has 1 aromatic rings. The van der Waals surface area contributed by atoms with Crippen LogP contribution in [0.3, 0.4) is 0 Å². The highest BCUT2D eigenvalue weighted by Crippen LogP contribution is 2.19. The van der Waals surface area contributed by atoms with E-state index in [0.717, 1.165) is 13.0 Å². The summed E-state index contributed by atoms with van der Waals surface area (Å²) >= 11 is 0. The highest BCUT2D eigenvalue weighted by Gasteiger charge is 2.22. The van der Waals surface area contributed by atoms with Gasteiger partial charge >= 0.3 is 0 Å². The maximum absolute atomic E-state index is 10.2. The third-order valence-electron chi connectivity index (χ3n) is 3.55. The first-order chi connectivity index (χ1) is 9.29. The number of nitrogens with zero attached hydrogens (tertiary/aromatic N) is 1. The second kappa shape index (κ2) is 7.51. The van der Waals surface area contributed by atoms with Crippen LogP contribution in [0.2, 0.25) is 0 Å². The molecule has 1 unspecified atom stereocenters. The van der Waals surface area contributed by atoms with E-state index in [0.29, 0.717) is 19.1 Å². The average Bonchev–Trinajstić information content (AvgIpc) is 3.26. The minimum atomic E-state index is -0.294. The van der Waals surface area contributed by atoms with E-state index in [1.54, 1.807) is 0 Å². The molecule has 0 amide bonds. The lowest BCUT2D eigenvalue weighted by molar-refractivity contribution is 0.176. The van der Waals surface area contributed by atoms with Crippen LogP contribution < -0.4 is 10.2 Å². The van der Waals surface area contributed by atoms with Gasteiger partial charge in [0.15, 0.2) is 0 Å². The number of aliphatic hydroxyl groups excluding tert-OH is 1. The second-order valence-corrected chi connectivity index (χ2v) is 5.47. The Morgan fingerprint density at radius 2 is 2.05 bits per heavy atom. The summed E-state index contributed by atoms with van der Waals surface area (Å²) in [5.41, 5.74) is 1.21. The number of hydrogen-bond donors (Lipinski definition) is 2. The monoisotopic (exact) mass is 262 g/mol. The Bertz CT molecular complexity index is 351. The molecular formula is C16H26N2O. The van der Waals surface area contributed by atoms with Gasteiger partial charge in [-0.3, -0.25) is 0 Å². The quantitative estimate of drug-likeness (QED) is 0.717. The summed E-state index contributed by atoms with van der Waals surface area (Å²) in [7, 11) is 0. The van der Waals surface area contributed by atoms with Crippen molar-refractivity contribution in [2.45, 2.75) is 44.8 Å². The van der Waals surface area contributed by atoms with Crippen LogP contribution in [0, 0.1) is 0 Å². The van der Waals surface area contributed by atoms with Gasteiger partial charge in [-0.2, -0.15) is 0 Å². The number of para-hydroxylation sites is 1. The number of benzene rings is 1. The number of hydrogen-bond acceptors (Lipinski definition) is 3. The molecule has 0 heterocycles. The van der Waals surface area contributed by atoms with Crippen molar-refractivity contribution in [3.8, 4) is 0 Å². The Morgan fingerprint density at radius 3 is 2.68 bits per heavy atom. The molecule has 1 atom stereocenters. The van der Waals surface area contributed by atoms with E-state index in [-0.39, 0.29) is 6.10 Å². The molecule has 0 radical (unpaired) electrons. The van der Waals surface area contributed by atoms with Crippen molar-refractivity contribution < 1.29 is 5.11 Å². The Kier molecular flexibility index (Phi) is 5.67. The largest absolute Gasteiger partial charge is 0.390 e. The van der Waals surface area contributed by atoms with Crippen molar-refractivity contribution in [3.05, 3.63) is 30.3 Å². The molecule has 3 heteroatoms. The zero-order valence-corrected chi connectivity index (χ0v) is 11.9. The normalized spacial score (nSPS) is 16.3. The van der Waals surface area contributed by atoms with Gasteiger partial charge in [0.1, 0.15) is 0 Å². The topological polar surface area (TPSA) is 35.5 Å². The molecule has 1 aliphatic rings. The van der Waals surface area contributed by atoms with Crippen LogP contribution in [0.15, 0.2) is 30.3 Å². The van der Waals surface area contributed by atoms with E-state index < -0.39 is 0 Å². The Labute approximate surface area is 116 Å². The van der Waals surface area contributed by atoms with Gasteiger partial charge in [-0.15, -0.1) is 0 Å². The lowest BCUT2D eigenvalue weighted by Crippen LogP contribution is -2.39. The van der Waals surface area contributed by atoms with E-state index >= 15 is 0 Å². The number of unbranched alkanes of at least 4 members (excludes halogenated alkanes) is 1. The van der Waals surface area contributed by atoms with Gasteiger partial charge in [0.25, 0.3) is 0 Å². The molecule has 0 bridgehead atoms. The molecular weight excluding hydrogens is 236 g/mol. The predicted octanol–water partition coefficient (Wildman–Crippen LogP) is 2.41. The summed E-state index contributed by atoms with van der Waals surface area (Å²) in [4.78, 5) is 2.29. The molecule has 2 N–H and O–H groups in total. The third-order valence-corrected chi connectivity index (χ3v) is 3.55. The molecule has 0 spiro atoms. The average molecular weight is 262 g/mol. The van der Waals surface area contributed by atoms with Gasteiger partial charge < -0.3 is 15.3 Å². The standard InChI is InChI=1S/C16H26N2O/c1-2-3-11-18(15-7-5-4-6-8-15)13-16(19)12-17-14-9-10-14/h4-8,14,16-17,19H,2-3,9-13H2,1H3. The molecule has 0 saturated heterocycles. The molecule has 2 rings (SSSR count). The lowest BCUT2D eigenvalue weighted by atomic mass is 10.2. The molecule has 1 fully saturated rings. The Hall–Kier alpha value is -1.06. The van der Waals surface area contributed by atoms with Crippen molar-refractivity contribution in [2.24, 2.45) is 0 Å². The third kappa shape index (κ3) is 5.21. The van der Waals surface area contributed by atoms with E-state index in [9.17, 15) is 5.11 Å². The molecule has 3 nitrogen and oxygen atoms in total. The molecule has 19 heavy (non-hydrogen) atoms. The van der Waals surface area contributed by atoms with Gasteiger partial charge in [-0.1, -0.05) is 31.5 Å². The van der Waals surface area contributed by atoms with Crippen LogP contribution in [0.1, 0.15) is 32.6 Å². The van der Waals surface area contributed by atoms with Crippen LogP contribution in [0.5, 0.6) is 0 Å². The van der Waals surface area contributed by atoms with Crippen LogP contribution in [-0.4, -0.2) is 36.9 Å². The van der Waals surface area contributed by atoms with Crippen molar-refractivity contribution in [3.63, 3.8) is 0 Å². The van der Waals surface area contributed by atoms with Crippen LogP contribution in [0.25, 0.3) is 0 Å². The minimum Gasteiger partial charge on any atom is -0.390 e. The number of rotatable bonds is 9. The molecule has 1 saturated carbocycles. The fourth-order valence-electron chi connectivity index (χ4n) is 2.22. The van der Waals surface area contributed by atoms with Crippen molar-refractivity contribution in [1.82, 2.24) is 5.32 Å². The molecule has 106 valence electrons. The lowest BCUT2D eigenvalue weighted by Gasteiger charge is -2.27. The fraction of sp³-hybridized carbons (Fsp3) is 0.625. The van der Waals surface area contributed by atoms with Crippen molar-refractivity contribution in [1.29, 1.82) is 0 Å². The first-order valence-electron chi connectivity index (χ1n) is 7.51. The van der Waals surface area contributed by atoms with Gasteiger partial charge in [0.2, 0.25) is 0 Å². The Morgan fingerprint density at radius 1 is 1.32 bits per heavy atom. The zero-order chi connectivity index (χ0) is 13.5. The summed E-state index contributed by atoms with van der Waals surface area (Å²) in [6.45, 7) is 4.64. The Balaban J connectivity index is 1.85. The summed E-state index contributed by atoms with van der Waals surface area (Å²) in [6.07, 6.45) is 4.59. The fourth-order valence-corrected chi connectivity index (χ4v) is 2.22. The van der Waals surface area contributed by atoms with E-state index in [1.165, 1.54) is 24.9 Å². The van der Waals surface area contributed by atoms with Crippen LogP contribution in [0.4, 0.5) is 5.69 Å². The second-order valence-electron chi connectivity index (χ2n) is 5.47. The van der Waals surface area contributed by atoms with Gasteiger partial charge in [-0.25, -0.2) is 0 Å². The van der Waals surface area contributed by atoms with Crippen LogP contribution in [-0.2, 0) is 0 Å². The maximum Gasteiger partial charge on any atom is 0.0839 e. The molecule has 0 aliphatic heterocycles. The zero-order valence-electron chi connectivity index (χ0n) is 11.9. The first-order valence-corrected chi connectivity index (χ1v) is 7.51. The smallest absolute Gasteiger partial charge is 0.0839 e. The van der Waals surface area contributed by atoms with Gasteiger partial charge in [-0.05, 0) is 31.4 Å².